The molecule has 1 heterocycles. The van der Waals surface area contributed by atoms with Crippen LogP contribution in [0.15, 0.2) is 0 Å². The molecule has 16 heavy (non-hydrogen) atoms. The molecular weight excluding hydrogens is 200 g/mol. The van der Waals surface area contributed by atoms with E-state index >= 15 is 0 Å². The molecule has 1 aliphatic rings. The monoisotopic (exact) mass is 222 g/mol. The van der Waals surface area contributed by atoms with E-state index in [0.29, 0.717) is 13.0 Å². The summed E-state index contributed by atoms with van der Waals surface area (Å²) in [6, 6.07) is 2.27. The van der Waals surface area contributed by atoms with Gasteiger partial charge in [-0.1, -0.05) is 26.2 Å². The van der Waals surface area contributed by atoms with E-state index in [1.807, 2.05) is 4.90 Å². The molecule has 0 bridgehead atoms. The summed E-state index contributed by atoms with van der Waals surface area (Å²) >= 11 is 0. The fraction of sp³-hybridized carbons (Fsp3) is 0.846. The zero-order chi connectivity index (χ0) is 11.8. The Bertz CT molecular complexity index is 257. The Labute approximate surface area is 98.4 Å². The third-order valence-electron chi connectivity index (χ3n) is 3.20. The number of amides is 1. The number of hydrogen-bond donors (Lipinski definition) is 0. The van der Waals surface area contributed by atoms with Crippen LogP contribution in [0.5, 0.6) is 0 Å². The topological polar surface area (TPSA) is 44.1 Å². The van der Waals surface area contributed by atoms with Crippen molar-refractivity contribution >= 4 is 5.91 Å². The van der Waals surface area contributed by atoms with Crippen molar-refractivity contribution in [1.29, 1.82) is 5.26 Å². The Balaban J connectivity index is 2.23. The number of rotatable bonds is 5. The fourth-order valence-corrected chi connectivity index (χ4v) is 2.17. The lowest BCUT2D eigenvalue weighted by Gasteiger charge is -2.29. The van der Waals surface area contributed by atoms with Gasteiger partial charge in [-0.25, -0.2) is 0 Å². The maximum atomic E-state index is 11.8. The van der Waals surface area contributed by atoms with E-state index in [0.717, 1.165) is 32.2 Å². The summed E-state index contributed by atoms with van der Waals surface area (Å²) in [6.45, 7) is 3.68. The normalized spacial score (nSPS) is 20.5. The highest BCUT2D eigenvalue weighted by Crippen LogP contribution is 2.17. The smallest absolute Gasteiger partial charge is 0.222 e. The molecule has 1 saturated heterocycles. The highest BCUT2D eigenvalue weighted by Gasteiger charge is 2.22. The quantitative estimate of drug-likeness (QED) is 0.671. The van der Waals surface area contributed by atoms with Gasteiger partial charge in [0, 0.05) is 19.5 Å². The Morgan fingerprint density at radius 2 is 2.25 bits per heavy atom. The van der Waals surface area contributed by atoms with Crippen LogP contribution in [0.4, 0.5) is 0 Å². The minimum atomic E-state index is 0.0633. The minimum absolute atomic E-state index is 0.0633. The molecule has 1 rings (SSSR count). The van der Waals surface area contributed by atoms with Gasteiger partial charge in [-0.2, -0.15) is 5.26 Å². The predicted octanol–water partition coefficient (Wildman–Crippen LogP) is 2.72. The van der Waals surface area contributed by atoms with Crippen molar-refractivity contribution in [2.45, 2.75) is 51.9 Å². The van der Waals surface area contributed by atoms with Gasteiger partial charge in [0.2, 0.25) is 5.91 Å². The van der Waals surface area contributed by atoms with Gasteiger partial charge in [0.1, 0.15) is 0 Å². The maximum absolute atomic E-state index is 11.8. The van der Waals surface area contributed by atoms with E-state index in [1.54, 1.807) is 0 Å². The van der Waals surface area contributed by atoms with E-state index in [4.69, 9.17) is 5.26 Å². The molecular formula is C13H22N2O. The Morgan fingerprint density at radius 3 is 2.94 bits per heavy atom. The van der Waals surface area contributed by atoms with Crippen LogP contribution in [0.2, 0.25) is 0 Å². The van der Waals surface area contributed by atoms with E-state index in [9.17, 15) is 4.79 Å². The number of hydrogen-bond acceptors (Lipinski definition) is 2. The average Bonchev–Trinajstić information content (AvgIpc) is 2.34. The van der Waals surface area contributed by atoms with Gasteiger partial charge in [0.25, 0.3) is 0 Å². The molecule has 90 valence electrons. The number of nitrogens with zero attached hydrogens (tertiary/aromatic N) is 2. The summed E-state index contributed by atoms with van der Waals surface area (Å²) < 4.78 is 0. The van der Waals surface area contributed by atoms with Crippen molar-refractivity contribution in [1.82, 2.24) is 4.90 Å². The zero-order valence-electron chi connectivity index (χ0n) is 10.2. The molecule has 1 unspecified atom stereocenters. The van der Waals surface area contributed by atoms with Crippen molar-refractivity contribution in [3.05, 3.63) is 0 Å². The molecule has 0 spiro atoms. The SMILES string of the molecule is CCCCCCC(=O)N1CCCC(C#N)C1. The predicted molar refractivity (Wildman–Crippen MR) is 63.7 cm³/mol. The molecule has 0 aromatic heterocycles. The van der Waals surface area contributed by atoms with Crippen LogP contribution >= 0.6 is 0 Å². The third-order valence-corrected chi connectivity index (χ3v) is 3.20. The van der Waals surface area contributed by atoms with Crippen molar-refractivity contribution in [2.75, 3.05) is 13.1 Å². The van der Waals surface area contributed by atoms with Crippen LogP contribution in [-0.2, 0) is 4.79 Å². The number of likely N-dealkylation sites (tertiary alicyclic amines) is 1. The Hall–Kier alpha value is -1.04. The summed E-state index contributed by atoms with van der Waals surface area (Å²) in [5.74, 6) is 0.310. The van der Waals surface area contributed by atoms with Crippen molar-refractivity contribution in [2.24, 2.45) is 5.92 Å². The summed E-state index contributed by atoms with van der Waals surface area (Å²) in [4.78, 5) is 13.7. The summed E-state index contributed by atoms with van der Waals surface area (Å²) in [5, 5.41) is 8.85. The third kappa shape index (κ3) is 4.22. The second-order valence-electron chi connectivity index (χ2n) is 4.62. The molecule has 1 atom stereocenters. The van der Waals surface area contributed by atoms with Gasteiger partial charge < -0.3 is 4.90 Å². The molecule has 0 aromatic carbocycles. The summed E-state index contributed by atoms with van der Waals surface area (Å²) in [7, 11) is 0. The number of piperidine rings is 1. The molecule has 1 aliphatic heterocycles. The Morgan fingerprint density at radius 1 is 1.44 bits per heavy atom. The van der Waals surface area contributed by atoms with Gasteiger partial charge in [0.15, 0.2) is 0 Å². The Kier molecular flexibility index (Phi) is 5.92. The standard InChI is InChI=1S/C13H22N2O/c1-2-3-4-5-8-13(16)15-9-6-7-12(10-14)11-15/h12H,2-9,11H2,1H3. The van der Waals surface area contributed by atoms with E-state index in [2.05, 4.69) is 13.0 Å². The molecule has 0 N–H and O–H groups in total. The van der Waals surface area contributed by atoms with Crippen LogP contribution < -0.4 is 0 Å². The summed E-state index contributed by atoms with van der Waals surface area (Å²) in [6.07, 6.45) is 7.17. The molecule has 0 saturated carbocycles. The highest BCUT2D eigenvalue weighted by molar-refractivity contribution is 5.76. The lowest BCUT2D eigenvalue weighted by Crippen LogP contribution is -2.39. The molecule has 1 fully saturated rings. The van der Waals surface area contributed by atoms with E-state index in [1.165, 1.54) is 12.8 Å². The number of unbranched alkanes of at least 4 members (excludes halogenated alkanes) is 3. The molecule has 0 radical (unpaired) electrons. The number of carbonyl (C=O) groups excluding carboxylic acids is 1. The molecule has 3 nitrogen and oxygen atoms in total. The van der Waals surface area contributed by atoms with Crippen LogP contribution in [-0.4, -0.2) is 23.9 Å². The van der Waals surface area contributed by atoms with Crippen LogP contribution in [0.3, 0.4) is 0 Å². The maximum Gasteiger partial charge on any atom is 0.222 e. The largest absolute Gasteiger partial charge is 0.341 e. The molecule has 0 aromatic rings. The molecule has 3 heteroatoms. The van der Waals surface area contributed by atoms with Crippen LogP contribution in [0, 0.1) is 17.2 Å². The lowest BCUT2D eigenvalue weighted by molar-refractivity contribution is -0.132. The second-order valence-corrected chi connectivity index (χ2v) is 4.62. The van der Waals surface area contributed by atoms with Crippen molar-refractivity contribution in [3.63, 3.8) is 0 Å². The van der Waals surface area contributed by atoms with Gasteiger partial charge in [-0.15, -0.1) is 0 Å². The average molecular weight is 222 g/mol. The molecule has 1 amide bonds. The summed E-state index contributed by atoms with van der Waals surface area (Å²) in [5.41, 5.74) is 0. The number of carbonyl (C=O) groups is 1. The minimum Gasteiger partial charge on any atom is -0.341 e. The van der Waals surface area contributed by atoms with E-state index < -0.39 is 0 Å². The first-order chi connectivity index (χ1) is 7.77. The zero-order valence-corrected chi connectivity index (χ0v) is 10.2. The van der Waals surface area contributed by atoms with Crippen LogP contribution in [0.1, 0.15) is 51.9 Å². The highest BCUT2D eigenvalue weighted by atomic mass is 16.2. The fourth-order valence-electron chi connectivity index (χ4n) is 2.17. The van der Waals surface area contributed by atoms with Crippen molar-refractivity contribution in [3.8, 4) is 6.07 Å². The van der Waals surface area contributed by atoms with Gasteiger partial charge in [-0.3, -0.25) is 4.79 Å². The van der Waals surface area contributed by atoms with E-state index in [-0.39, 0.29) is 11.8 Å². The first-order valence-corrected chi connectivity index (χ1v) is 6.45. The number of nitriles is 1. The first-order valence-electron chi connectivity index (χ1n) is 6.45. The molecule has 0 aliphatic carbocycles. The second kappa shape index (κ2) is 7.27. The van der Waals surface area contributed by atoms with Crippen molar-refractivity contribution < 1.29 is 4.79 Å². The lowest BCUT2D eigenvalue weighted by atomic mass is 9.99. The van der Waals surface area contributed by atoms with Gasteiger partial charge >= 0.3 is 0 Å². The van der Waals surface area contributed by atoms with Gasteiger partial charge in [0.05, 0.1) is 12.0 Å². The van der Waals surface area contributed by atoms with Crippen LogP contribution in [0.25, 0.3) is 0 Å². The van der Waals surface area contributed by atoms with Gasteiger partial charge in [-0.05, 0) is 19.3 Å². The first kappa shape index (κ1) is 13.0.